The van der Waals surface area contributed by atoms with Crippen molar-refractivity contribution in [3.63, 3.8) is 0 Å². The van der Waals surface area contributed by atoms with Crippen molar-refractivity contribution >= 4 is 64.1 Å². The SMILES string of the molecule is Cc1cc(/C=C2\C(=O)NC(=O)N(c3ccc(Cl)c(Cl)c3)C2=O)c(C)n1-c1sc2c(c1C#N)CCCC2. The van der Waals surface area contributed by atoms with Crippen LogP contribution in [0.15, 0.2) is 29.8 Å². The first-order valence-corrected chi connectivity index (χ1v) is 12.9. The lowest BCUT2D eigenvalue weighted by molar-refractivity contribution is -0.122. The Hall–Kier alpha value is -3.38. The Kier molecular flexibility index (Phi) is 6.25. The van der Waals surface area contributed by atoms with Crippen molar-refractivity contribution in [3.8, 4) is 11.1 Å². The number of nitriles is 1. The second-order valence-electron chi connectivity index (χ2n) is 8.72. The first kappa shape index (κ1) is 24.3. The lowest BCUT2D eigenvalue weighted by atomic mass is 9.96. The van der Waals surface area contributed by atoms with Crippen LogP contribution in [0.25, 0.3) is 11.1 Å². The summed E-state index contributed by atoms with van der Waals surface area (Å²) in [6.07, 6.45) is 5.54. The maximum atomic E-state index is 13.3. The van der Waals surface area contributed by atoms with Gasteiger partial charge in [0.25, 0.3) is 11.8 Å². The van der Waals surface area contributed by atoms with Gasteiger partial charge in [-0.1, -0.05) is 23.2 Å². The molecule has 0 unspecified atom stereocenters. The molecule has 1 N–H and O–H groups in total. The number of halogens is 2. The molecule has 0 spiro atoms. The highest BCUT2D eigenvalue weighted by molar-refractivity contribution is 7.15. The third-order valence-electron chi connectivity index (χ3n) is 6.50. The summed E-state index contributed by atoms with van der Waals surface area (Å²) < 4.78 is 2.00. The third-order valence-corrected chi connectivity index (χ3v) is 8.52. The fourth-order valence-corrected chi connectivity index (χ4v) is 6.48. The van der Waals surface area contributed by atoms with Gasteiger partial charge in [0.15, 0.2) is 0 Å². The Morgan fingerprint density at radius 3 is 2.56 bits per heavy atom. The number of anilines is 1. The summed E-state index contributed by atoms with van der Waals surface area (Å²) >= 11 is 13.7. The maximum Gasteiger partial charge on any atom is 0.335 e. The van der Waals surface area contributed by atoms with Gasteiger partial charge in [-0.2, -0.15) is 5.26 Å². The first-order valence-electron chi connectivity index (χ1n) is 11.3. The highest BCUT2D eigenvalue weighted by atomic mass is 35.5. The summed E-state index contributed by atoms with van der Waals surface area (Å²) in [6.45, 7) is 3.80. The number of benzene rings is 1. The largest absolute Gasteiger partial charge is 0.335 e. The van der Waals surface area contributed by atoms with Crippen LogP contribution in [0.2, 0.25) is 10.0 Å². The van der Waals surface area contributed by atoms with Crippen molar-refractivity contribution in [1.82, 2.24) is 9.88 Å². The number of rotatable bonds is 3. The number of hydrogen-bond donors (Lipinski definition) is 1. The Morgan fingerprint density at radius 1 is 1.08 bits per heavy atom. The molecule has 7 nitrogen and oxygen atoms in total. The molecule has 3 heterocycles. The van der Waals surface area contributed by atoms with Crippen LogP contribution in [0.5, 0.6) is 0 Å². The summed E-state index contributed by atoms with van der Waals surface area (Å²) in [6, 6.07) is 7.73. The zero-order chi connectivity index (χ0) is 25.7. The van der Waals surface area contributed by atoms with Crippen LogP contribution >= 0.6 is 34.5 Å². The average molecular weight is 539 g/mol. The molecule has 2 aromatic heterocycles. The number of aromatic nitrogens is 1. The Labute approximate surface area is 221 Å². The quantitative estimate of drug-likeness (QED) is 0.332. The average Bonchev–Trinajstić information content (AvgIpc) is 3.34. The van der Waals surface area contributed by atoms with E-state index in [1.54, 1.807) is 11.3 Å². The lowest BCUT2D eigenvalue weighted by Crippen LogP contribution is -2.54. The van der Waals surface area contributed by atoms with Crippen LogP contribution in [0.1, 0.15) is 45.8 Å². The van der Waals surface area contributed by atoms with E-state index in [1.807, 2.05) is 24.5 Å². The molecule has 0 saturated carbocycles. The van der Waals surface area contributed by atoms with Crippen molar-refractivity contribution in [2.75, 3.05) is 4.90 Å². The minimum absolute atomic E-state index is 0.174. The van der Waals surface area contributed by atoms with E-state index in [0.29, 0.717) is 11.1 Å². The lowest BCUT2D eigenvalue weighted by Gasteiger charge is -2.26. The summed E-state index contributed by atoms with van der Waals surface area (Å²) in [5.74, 6) is -1.55. The second-order valence-corrected chi connectivity index (χ2v) is 10.6. The highest BCUT2D eigenvalue weighted by Crippen LogP contribution is 2.38. The van der Waals surface area contributed by atoms with Gasteiger partial charge in [0.2, 0.25) is 0 Å². The van der Waals surface area contributed by atoms with Crippen LogP contribution in [-0.4, -0.2) is 22.4 Å². The zero-order valence-corrected chi connectivity index (χ0v) is 21.8. The molecule has 5 rings (SSSR count). The second kappa shape index (κ2) is 9.25. The molecule has 3 aromatic rings. The molecule has 0 bridgehead atoms. The van der Waals surface area contributed by atoms with Gasteiger partial charge >= 0.3 is 6.03 Å². The summed E-state index contributed by atoms with van der Waals surface area (Å²) in [4.78, 5) is 40.6. The molecule has 1 fully saturated rings. The topological polar surface area (TPSA) is 95.2 Å². The van der Waals surface area contributed by atoms with Crippen LogP contribution in [-0.2, 0) is 22.4 Å². The van der Waals surface area contributed by atoms with E-state index in [2.05, 4.69) is 11.4 Å². The Balaban J connectivity index is 1.57. The molecule has 10 heteroatoms. The monoisotopic (exact) mass is 538 g/mol. The molecule has 1 aliphatic heterocycles. The van der Waals surface area contributed by atoms with Crippen molar-refractivity contribution in [2.24, 2.45) is 0 Å². The number of carbonyl (C=O) groups excluding carboxylic acids is 3. The predicted molar refractivity (Wildman–Crippen MR) is 140 cm³/mol. The highest BCUT2D eigenvalue weighted by Gasteiger charge is 2.37. The van der Waals surface area contributed by atoms with Gasteiger partial charge < -0.3 is 4.57 Å². The molecule has 0 radical (unpaired) electrons. The van der Waals surface area contributed by atoms with E-state index in [-0.39, 0.29) is 21.3 Å². The van der Waals surface area contributed by atoms with Gasteiger partial charge in [0.05, 0.1) is 21.3 Å². The van der Waals surface area contributed by atoms with Gasteiger partial charge in [0, 0.05) is 16.3 Å². The fraction of sp³-hybridized carbons (Fsp3) is 0.231. The minimum atomic E-state index is -0.867. The number of barbiturate groups is 1. The number of aryl methyl sites for hydroxylation is 2. The molecule has 36 heavy (non-hydrogen) atoms. The van der Waals surface area contributed by atoms with E-state index in [1.165, 1.54) is 29.2 Å². The number of amides is 4. The Morgan fingerprint density at radius 2 is 1.83 bits per heavy atom. The van der Waals surface area contributed by atoms with Gasteiger partial charge in [0.1, 0.15) is 16.6 Å². The number of urea groups is 1. The number of fused-ring (bicyclic) bond motifs is 1. The van der Waals surface area contributed by atoms with Crippen molar-refractivity contribution in [2.45, 2.75) is 39.5 Å². The van der Waals surface area contributed by atoms with Gasteiger partial charge in [-0.25, -0.2) is 9.69 Å². The van der Waals surface area contributed by atoms with Gasteiger partial charge in [-0.3, -0.25) is 14.9 Å². The fourth-order valence-electron chi connectivity index (χ4n) is 4.74. The molecule has 0 atom stereocenters. The standard InChI is InChI=1S/C26H20Cl2N4O3S/c1-13-9-15(14(2)31(13)25-19(12-29)17-5-3-4-6-22(17)36-25)10-18-23(33)30-26(35)32(24(18)34)16-7-8-20(27)21(28)11-16/h7-11H,3-6H2,1-2H3,(H,30,33,35)/b18-10+. The number of imide groups is 2. The molecule has 1 saturated heterocycles. The van der Waals surface area contributed by atoms with Crippen molar-refractivity contribution in [3.05, 3.63) is 72.8 Å². The number of carbonyl (C=O) groups is 3. The van der Waals surface area contributed by atoms with E-state index < -0.39 is 17.8 Å². The first-order chi connectivity index (χ1) is 17.2. The summed E-state index contributed by atoms with van der Waals surface area (Å²) in [5.41, 5.74) is 4.13. The zero-order valence-electron chi connectivity index (χ0n) is 19.4. The summed E-state index contributed by atoms with van der Waals surface area (Å²) in [7, 11) is 0. The van der Waals surface area contributed by atoms with Crippen LogP contribution < -0.4 is 10.2 Å². The Bertz CT molecular complexity index is 1540. The molecule has 182 valence electrons. The van der Waals surface area contributed by atoms with Gasteiger partial charge in [-0.05, 0) is 81.0 Å². The smallest absolute Gasteiger partial charge is 0.308 e. The molecular weight excluding hydrogens is 519 g/mol. The van der Waals surface area contributed by atoms with E-state index >= 15 is 0 Å². The molecular formula is C26H20Cl2N4O3S. The normalized spacial score (nSPS) is 16.8. The summed E-state index contributed by atoms with van der Waals surface area (Å²) in [5, 5.41) is 13.4. The van der Waals surface area contributed by atoms with Crippen LogP contribution in [0.4, 0.5) is 10.5 Å². The van der Waals surface area contributed by atoms with Crippen molar-refractivity contribution < 1.29 is 14.4 Å². The van der Waals surface area contributed by atoms with E-state index in [4.69, 9.17) is 23.2 Å². The van der Waals surface area contributed by atoms with E-state index in [0.717, 1.165) is 52.5 Å². The van der Waals surface area contributed by atoms with Crippen molar-refractivity contribution in [1.29, 1.82) is 5.26 Å². The van der Waals surface area contributed by atoms with Crippen LogP contribution in [0.3, 0.4) is 0 Å². The molecule has 1 aliphatic carbocycles. The van der Waals surface area contributed by atoms with Crippen LogP contribution in [0, 0.1) is 25.2 Å². The molecule has 2 aliphatic rings. The minimum Gasteiger partial charge on any atom is -0.308 e. The predicted octanol–water partition coefficient (Wildman–Crippen LogP) is 5.88. The number of thiophene rings is 1. The number of nitrogens with one attached hydrogen (secondary N) is 1. The number of nitrogens with zero attached hydrogens (tertiary/aromatic N) is 3. The molecule has 1 aromatic carbocycles. The maximum absolute atomic E-state index is 13.3. The van der Waals surface area contributed by atoms with E-state index in [9.17, 15) is 19.6 Å². The third kappa shape index (κ3) is 3.94. The number of hydrogen-bond acceptors (Lipinski definition) is 5. The molecule has 4 amide bonds. The van der Waals surface area contributed by atoms with Gasteiger partial charge in [-0.15, -0.1) is 11.3 Å².